The van der Waals surface area contributed by atoms with Crippen LogP contribution in [0.2, 0.25) is 0 Å². The standard InChI is InChI=1S/C15H20N2OS/c1-19-15-7-5-6-14(13(15)12-16)18-11-10-17-8-3-2-4-9-17/h5-7H,2-4,8-11H2,1H3. The fourth-order valence-corrected chi connectivity index (χ4v) is 2.94. The summed E-state index contributed by atoms with van der Waals surface area (Å²) in [6.45, 7) is 3.97. The Bertz CT molecular complexity index is 450. The molecular formula is C15H20N2OS. The number of benzene rings is 1. The topological polar surface area (TPSA) is 36.3 Å². The Hall–Kier alpha value is -1.18. The quantitative estimate of drug-likeness (QED) is 0.774. The smallest absolute Gasteiger partial charge is 0.138 e. The molecule has 0 saturated carbocycles. The number of rotatable bonds is 5. The van der Waals surface area contributed by atoms with Crippen LogP contribution in [0.4, 0.5) is 0 Å². The van der Waals surface area contributed by atoms with Crippen LogP contribution < -0.4 is 4.74 Å². The summed E-state index contributed by atoms with van der Waals surface area (Å²) in [7, 11) is 0. The molecule has 3 nitrogen and oxygen atoms in total. The zero-order valence-corrected chi connectivity index (χ0v) is 12.2. The molecule has 0 unspecified atom stereocenters. The van der Waals surface area contributed by atoms with Crippen molar-refractivity contribution in [2.24, 2.45) is 0 Å². The molecule has 0 radical (unpaired) electrons. The molecule has 0 aromatic heterocycles. The van der Waals surface area contributed by atoms with E-state index in [-0.39, 0.29) is 0 Å². The lowest BCUT2D eigenvalue weighted by Crippen LogP contribution is -2.33. The largest absolute Gasteiger partial charge is 0.491 e. The highest BCUT2D eigenvalue weighted by Crippen LogP contribution is 2.27. The number of piperidine rings is 1. The van der Waals surface area contributed by atoms with Gasteiger partial charge in [-0.15, -0.1) is 11.8 Å². The van der Waals surface area contributed by atoms with Gasteiger partial charge in [0.15, 0.2) is 0 Å². The van der Waals surface area contributed by atoms with E-state index in [1.807, 2.05) is 24.5 Å². The van der Waals surface area contributed by atoms with Crippen molar-refractivity contribution in [3.05, 3.63) is 23.8 Å². The zero-order chi connectivity index (χ0) is 13.5. The van der Waals surface area contributed by atoms with Crippen LogP contribution >= 0.6 is 11.8 Å². The molecule has 4 heteroatoms. The van der Waals surface area contributed by atoms with Gasteiger partial charge in [0.25, 0.3) is 0 Å². The van der Waals surface area contributed by atoms with E-state index in [1.165, 1.54) is 32.4 Å². The van der Waals surface area contributed by atoms with E-state index in [9.17, 15) is 5.26 Å². The third-order valence-electron chi connectivity index (χ3n) is 3.43. The van der Waals surface area contributed by atoms with Crippen molar-refractivity contribution in [3.8, 4) is 11.8 Å². The summed E-state index contributed by atoms with van der Waals surface area (Å²) in [6.07, 6.45) is 5.93. The molecule has 0 spiro atoms. The third-order valence-corrected chi connectivity index (χ3v) is 4.21. The second-order valence-electron chi connectivity index (χ2n) is 4.70. The summed E-state index contributed by atoms with van der Waals surface area (Å²) in [5.41, 5.74) is 0.661. The van der Waals surface area contributed by atoms with Crippen LogP contribution in [0.5, 0.6) is 5.75 Å². The van der Waals surface area contributed by atoms with Crippen molar-refractivity contribution in [1.29, 1.82) is 5.26 Å². The molecule has 1 aromatic carbocycles. The Balaban J connectivity index is 1.90. The molecule has 0 bridgehead atoms. The first-order valence-electron chi connectivity index (χ1n) is 6.77. The van der Waals surface area contributed by atoms with Crippen LogP contribution in [0, 0.1) is 11.3 Å². The lowest BCUT2D eigenvalue weighted by molar-refractivity contribution is 0.183. The minimum absolute atomic E-state index is 0.659. The fourth-order valence-electron chi connectivity index (χ4n) is 2.38. The average Bonchev–Trinajstić information content (AvgIpc) is 2.48. The number of hydrogen-bond donors (Lipinski definition) is 0. The first-order chi connectivity index (χ1) is 9.35. The summed E-state index contributed by atoms with van der Waals surface area (Å²) in [5, 5.41) is 9.22. The maximum absolute atomic E-state index is 9.22. The zero-order valence-electron chi connectivity index (χ0n) is 11.4. The van der Waals surface area contributed by atoms with Crippen LogP contribution in [0.1, 0.15) is 24.8 Å². The average molecular weight is 276 g/mol. The van der Waals surface area contributed by atoms with E-state index in [2.05, 4.69) is 11.0 Å². The molecule has 0 aliphatic carbocycles. The number of ether oxygens (including phenoxy) is 1. The minimum atomic E-state index is 0.659. The maximum atomic E-state index is 9.22. The van der Waals surface area contributed by atoms with Gasteiger partial charge in [-0.1, -0.05) is 12.5 Å². The molecular weight excluding hydrogens is 256 g/mol. The molecule has 1 aliphatic heterocycles. The predicted molar refractivity (Wildman–Crippen MR) is 78.7 cm³/mol. The SMILES string of the molecule is CSc1cccc(OCCN2CCCCC2)c1C#N. The van der Waals surface area contributed by atoms with E-state index >= 15 is 0 Å². The Morgan fingerprint density at radius 3 is 2.79 bits per heavy atom. The van der Waals surface area contributed by atoms with Crippen molar-refractivity contribution in [2.45, 2.75) is 24.2 Å². The summed E-state index contributed by atoms with van der Waals surface area (Å²) < 4.78 is 5.80. The van der Waals surface area contributed by atoms with Gasteiger partial charge in [0, 0.05) is 11.4 Å². The van der Waals surface area contributed by atoms with E-state index < -0.39 is 0 Å². The Morgan fingerprint density at radius 2 is 2.11 bits per heavy atom. The van der Waals surface area contributed by atoms with Gasteiger partial charge in [0.1, 0.15) is 24.0 Å². The van der Waals surface area contributed by atoms with Gasteiger partial charge in [-0.3, -0.25) is 4.90 Å². The summed E-state index contributed by atoms with van der Waals surface area (Å²) >= 11 is 1.58. The van der Waals surface area contributed by atoms with Crippen LogP contribution in [0.3, 0.4) is 0 Å². The number of nitrogens with zero attached hydrogens (tertiary/aromatic N) is 2. The summed E-state index contributed by atoms with van der Waals surface area (Å²) in [6, 6.07) is 8.03. The highest BCUT2D eigenvalue weighted by Gasteiger charge is 2.11. The molecule has 1 aliphatic rings. The molecule has 0 amide bonds. The lowest BCUT2D eigenvalue weighted by atomic mass is 10.1. The van der Waals surface area contributed by atoms with E-state index in [0.717, 1.165) is 11.4 Å². The number of likely N-dealkylation sites (tertiary alicyclic amines) is 1. The van der Waals surface area contributed by atoms with Gasteiger partial charge in [-0.2, -0.15) is 5.26 Å². The first kappa shape index (κ1) is 14.2. The van der Waals surface area contributed by atoms with Gasteiger partial charge < -0.3 is 4.74 Å². The second kappa shape index (κ2) is 7.42. The normalized spacial score (nSPS) is 16.0. The predicted octanol–water partition coefficient (Wildman–Crippen LogP) is 3.14. The van der Waals surface area contributed by atoms with Crippen LogP contribution in [0.25, 0.3) is 0 Å². The van der Waals surface area contributed by atoms with Gasteiger partial charge in [-0.05, 0) is 44.3 Å². The lowest BCUT2D eigenvalue weighted by Gasteiger charge is -2.26. The first-order valence-corrected chi connectivity index (χ1v) is 8.00. The number of hydrogen-bond acceptors (Lipinski definition) is 4. The Morgan fingerprint density at radius 1 is 1.32 bits per heavy atom. The summed E-state index contributed by atoms with van der Waals surface area (Å²) in [5.74, 6) is 0.714. The van der Waals surface area contributed by atoms with Gasteiger partial charge >= 0.3 is 0 Å². The molecule has 0 atom stereocenters. The fraction of sp³-hybridized carbons (Fsp3) is 0.533. The van der Waals surface area contributed by atoms with Gasteiger partial charge in [0.2, 0.25) is 0 Å². The van der Waals surface area contributed by atoms with Gasteiger partial charge in [-0.25, -0.2) is 0 Å². The van der Waals surface area contributed by atoms with Crippen LogP contribution in [-0.4, -0.2) is 37.4 Å². The number of thioether (sulfide) groups is 1. The molecule has 0 N–H and O–H groups in total. The van der Waals surface area contributed by atoms with Crippen molar-refractivity contribution in [3.63, 3.8) is 0 Å². The summed E-state index contributed by atoms with van der Waals surface area (Å²) in [4.78, 5) is 3.42. The van der Waals surface area contributed by atoms with Crippen molar-refractivity contribution < 1.29 is 4.74 Å². The Kier molecular flexibility index (Phi) is 5.56. The Labute approximate surface area is 119 Å². The van der Waals surface area contributed by atoms with E-state index in [4.69, 9.17) is 4.74 Å². The van der Waals surface area contributed by atoms with Crippen LogP contribution in [-0.2, 0) is 0 Å². The maximum Gasteiger partial charge on any atom is 0.138 e. The van der Waals surface area contributed by atoms with Crippen molar-refractivity contribution in [1.82, 2.24) is 4.90 Å². The van der Waals surface area contributed by atoms with Crippen molar-refractivity contribution >= 4 is 11.8 Å². The third kappa shape index (κ3) is 3.89. The molecule has 2 rings (SSSR count). The second-order valence-corrected chi connectivity index (χ2v) is 5.54. The molecule has 19 heavy (non-hydrogen) atoms. The van der Waals surface area contributed by atoms with Crippen molar-refractivity contribution in [2.75, 3.05) is 32.5 Å². The molecule has 1 heterocycles. The molecule has 1 saturated heterocycles. The minimum Gasteiger partial charge on any atom is -0.491 e. The van der Waals surface area contributed by atoms with E-state index in [0.29, 0.717) is 17.9 Å². The van der Waals surface area contributed by atoms with E-state index in [1.54, 1.807) is 11.8 Å². The monoisotopic (exact) mass is 276 g/mol. The van der Waals surface area contributed by atoms with Crippen LogP contribution in [0.15, 0.2) is 23.1 Å². The molecule has 1 aromatic rings. The highest BCUT2D eigenvalue weighted by atomic mass is 32.2. The molecule has 1 fully saturated rings. The molecule has 102 valence electrons. The van der Waals surface area contributed by atoms with Gasteiger partial charge in [0.05, 0.1) is 0 Å². The number of nitriles is 1. The highest BCUT2D eigenvalue weighted by molar-refractivity contribution is 7.98.